The van der Waals surface area contributed by atoms with Crippen LogP contribution in [0.1, 0.15) is 42.0 Å². The highest BCUT2D eigenvalue weighted by Gasteiger charge is 2.73. The average Bonchev–Trinajstić information content (AvgIpc) is 4.18. The van der Waals surface area contributed by atoms with Crippen molar-refractivity contribution in [3.63, 3.8) is 0 Å². The van der Waals surface area contributed by atoms with Crippen molar-refractivity contribution in [1.82, 2.24) is 0 Å². The fourth-order valence-electron chi connectivity index (χ4n) is 25.5. The molecule has 5 aliphatic rings. The number of Topliss-reactive ketones (excluding diaryl/α,β-unsaturated/α-hetero) is 1. The van der Waals surface area contributed by atoms with Gasteiger partial charge in [0.2, 0.25) is 0 Å². The van der Waals surface area contributed by atoms with Crippen LogP contribution in [0.15, 0.2) is 0 Å². The van der Waals surface area contributed by atoms with Crippen LogP contribution in [-0.2, 0) is 15.6 Å². The zero-order valence-electron chi connectivity index (χ0n) is 33.9. The Balaban J connectivity index is 1.27. The van der Waals surface area contributed by atoms with Crippen LogP contribution >= 0.6 is 0 Å². The standard InChI is InChI=1S/C65H8O/c1-4-5(66)2-3-64-60-52-44-34-24-16-8-6-7-10-14-12(8)20-28-22(14)32-26-18(10)19-11(7)15-13-9(6)17(16)25-31-21(13)29-23(15)33-27(19)37-36(26)48-42(32)50-40(28)46(38(44)30(20)24)54(60)56(50)62-58(48)59-49(37)43(33)51-41(29)47-39(31)45(35(25)34)53(52)61(64)55(47)57(51)63(59)65(4,62)64/h4H,2-3H2,1H3/t4-,64?,65?/m0/s1. The summed E-state index contributed by atoms with van der Waals surface area (Å²) in [6.07, 6.45) is 1.62. The van der Waals surface area contributed by atoms with E-state index in [9.17, 15) is 0 Å². The van der Waals surface area contributed by atoms with Crippen LogP contribution in [0.5, 0.6) is 0 Å². The normalized spacial score (nSPS) is 24.6. The summed E-state index contributed by atoms with van der Waals surface area (Å²) in [7, 11) is 0. The number of hydrogen-bond donors (Lipinski definition) is 0. The maximum atomic E-state index is 15.5. The van der Waals surface area contributed by atoms with E-state index in [-0.39, 0.29) is 11.3 Å². The molecule has 2 spiro atoms. The third kappa shape index (κ3) is 1.17. The maximum absolute atomic E-state index is 15.5. The Morgan fingerprint density at radius 2 is 0.394 bits per heavy atom. The molecule has 0 heterocycles. The Bertz CT molecular complexity index is 6890. The molecule has 5 aliphatic carbocycles. The summed E-state index contributed by atoms with van der Waals surface area (Å²) in [6.45, 7) is 2.47. The fraction of sp³-hybridized carbons (Fsp3) is 0.0923. The Kier molecular flexibility index (Phi) is 1.88. The molecule has 1 heteroatoms. The van der Waals surface area contributed by atoms with Gasteiger partial charge >= 0.3 is 0 Å². The van der Waals surface area contributed by atoms with Crippen molar-refractivity contribution in [2.24, 2.45) is 5.92 Å². The van der Waals surface area contributed by atoms with Crippen LogP contribution in [0.4, 0.5) is 0 Å². The number of rotatable bonds is 0. The Hall–Kier alpha value is -7.87. The first-order valence-corrected chi connectivity index (χ1v) is 25.1. The summed E-state index contributed by atoms with van der Waals surface area (Å²) in [5, 5.41) is 88.2. The smallest absolute Gasteiger partial charge is 0.137 e. The van der Waals surface area contributed by atoms with E-state index in [2.05, 4.69) is 6.92 Å². The van der Waals surface area contributed by atoms with Gasteiger partial charge in [-0.25, -0.2) is 0 Å². The first-order valence-electron chi connectivity index (χ1n) is 25.1. The molecule has 0 bridgehead atoms. The molecule has 33 rings (SSSR count). The van der Waals surface area contributed by atoms with Gasteiger partial charge in [0.15, 0.2) is 0 Å². The molecule has 0 saturated heterocycles. The average molecular weight is 805 g/mol. The van der Waals surface area contributed by atoms with E-state index in [0.717, 1.165) is 6.42 Å². The molecule has 0 unspecified atom stereocenters. The molecule has 1 fully saturated rings. The second-order valence-electron chi connectivity index (χ2n) is 25.2. The van der Waals surface area contributed by atoms with E-state index in [1.54, 1.807) is 313 Å². The van der Waals surface area contributed by atoms with Crippen LogP contribution in [-0.4, -0.2) is 5.78 Å². The van der Waals surface area contributed by atoms with Gasteiger partial charge in [0.1, 0.15) is 5.78 Å². The summed E-state index contributed by atoms with van der Waals surface area (Å²) < 4.78 is 0. The van der Waals surface area contributed by atoms with Gasteiger partial charge in [-0.3, -0.25) is 4.79 Å². The molecular weight excluding hydrogens is 797 g/mol. The highest BCUT2D eigenvalue weighted by atomic mass is 16.1. The summed E-state index contributed by atoms with van der Waals surface area (Å²) in [4.78, 5) is 15.5. The van der Waals surface area contributed by atoms with Crippen LogP contribution in [0.25, 0.3) is 291 Å². The lowest BCUT2D eigenvalue weighted by Crippen LogP contribution is -2.60. The monoisotopic (exact) mass is 804 g/mol. The molecule has 0 N–H and O–H groups in total. The topological polar surface area (TPSA) is 17.1 Å². The van der Waals surface area contributed by atoms with E-state index in [0.29, 0.717) is 12.2 Å². The lowest BCUT2D eigenvalue weighted by molar-refractivity contribution is -0.128. The van der Waals surface area contributed by atoms with Crippen LogP contribution in [0, 0.1) is 5.92 Å². The Morgan fingerprint density at radius 1 is 0.242 bits per heavy atom. The van der Waals surface area contributed by atoms with Crippen molar-refractivity contribution in [3.05, 3.63) is 22.3 Å². The summed E-state index contributed by atoms with van der Waals surface area (Å²) >= 11 is 0. The zero-order valence-corrected chi connectivity index (χ0v) is 33.9. The summed E-state index contributed by atoms with van der Waals surface area (Å²) in [5.41, 5.74) is 5.96. The predicted molar refractivity (Wildman–Crippen MR) is 277 cm³/mol. The molecule has 28 aromatic carbocycles. The van der Waals surface area contributed by atoms with Crippen molar-refractivity contribution < 1.29 is 4.79 Å². The first-order chi connectivity index (χ1) is 32.8. The van der Waals surface area contributed by atoms with E-state index in [1.165, 1.54) is 0 Å². The highest BCUT2D eigenvalue weighted by molar-refractivity contribution is 6.82. The van der Waals surface area contributed by atoms with Crippen molar-refractivity contribution in [1.29, 1.82) is 0 Å². The number of carbonyl (C=O) groups is 1. The van der Waals surface area contributed by atoms with Gasteiger partial charge in [0, 0.05) is 23.2 Å². The molecule has 274 valence electrons. The molecule has 0 aliphatic heterocycles. The van der Waals surface area contributed by atoms with Crippen LogP contribution in [0.2, 0.25) is 0 Å². The SMILES string of the molecule is C[C@H]1C(=O)CCC23c4c5c6c7c8c9c(c%10c%11c2c2c4c4c%12c5c5c6c6c8c8c%13c9c9c%10c%10c%11c%11c2c2c4c4c%12c%12c5c5c6c8c6c8c%13c9c9c%10c%10c%11c2c2c4c4c%12c5c6c5c8c9c%10c2c45)C713. The van der Waals surface area contributed by atoms with Crippen molar-refractivity contribution in [2.75, 3.05) is 0 Å². The van der Waals surface area contributed by atoms with Gasteiger partial charge < -0.3 is 0 Å². The second-order valence-corrected chi connectivity index (χ2v) is 25.2. The van der Waals surface area contributed by atoms with Crippen molar-refractivity contribution in [3.8, 4) is 0 Å². The van der Waals surface area contributed by atoms with Gasteiger partial charge in [0.25, 0.3) is 0 Å². The minimum atomic E-state index is -0.437. The zero-order chi connectivity index (χ0) is 39.1. The van der Waals surface area contributed by atoms with Gasteiger partial charge in [-0.15, -0.1) is 0 Å². The van der Waals surface area contributed by atoms with Gasteiger partial charge in [-0.05, 0) is 320 Å². The Morgan fingerprint density at radius 3 is 0.576 bits per heavy atom. The molecule has 1 atom stereocenters. The van der Waals surface area contributed by atoms with Crippen LogP contribution in [0.3, 0.4) is 0 Å². The largest absolute Gasteiger partial charge is 0.299 e. The van der Waals surface area contributed by atoms with Crippen molar-refractivity contribution in [2.45, 2.75) is 30.6 Å². The number of ketones is 1. The van der Waals surface area contributed by atoms with Crippen molar-refractivity contribution >= 4 is 297 Å². The minimum Gasteiger partial charge on any atom is -0.299 e. The van der Waals surface area contributed by atoms with E-state index < -0.39 is 5.41 Å². The first kappa shape index (κ1) is 23.9. The summed E-state index contributed by atoms with van der Waals surface area (Å²) in [5.74, 6) is 0.403. The predicted octanol–water partition coefficient (Wildman–Crippen LogP) is 17.3. The molecule has 1 nitrogen and oxygen atoms in total. The van der Waals surface area contributed by atoms with E-state index in [1.807, 2.05) is 0 Å². The number of benzene rings is 18. The molecule has 0 radical (unpaired) electrons. The number of hydrogen-bond acceptors (Lipinski definition) is 1. The molecule has 66 heavy (non-hydrogen) atoms. The third-order valence-electron chi connectivity index (χ3n) is 25.4. The molecule has 0 amide bonds. The Labute approximate surface area is 358 Å². The quantitative estimate of drug-likeness (QED) is 0.140. The van der Waals surface area contributed by atoms with Gasteiger partial charge in [-0.1, -0.05) is 6.92 Å². The minimum absolute atomic E-state index is 0.109. The van der Waals surface area contributed by atoms with Crippen LogP contribution < -0.4 is 0 Å². The molecule has 28 aromatic rings. The molecule has 0 aromatic heterocycles. The van der Waals surface area contributed by atoms with E-state index >= 15 is 4.79 Å². The molecule has 1 saturated carbocycles. The fourth-order valence-corrected chi connectivity index (χ4v) is 25.5. The van der Waals surface area contributed by atoms with Gasteiger partial charge in [-0.2, -0.15) is 0 Å². The number of carbonyl (C=O) groups excluding carboxylic acids is 1. The maximum Gasteiger partial charge on any atom is 0.137 e. The molecular formula is C65H8O. The lowest BCUT2D eigenvalue weighted by Gasteiger charge is -2.59. The highest BCUT2D eigenvalue weighted by Crippen LogP contribution is 2.86. The summed E-state index contributed by atoms with van der Waals surface area (Å²) in [6, 6.07) is 0. The van der Waals surface area contributed by atoms with E-state index in [4.69, 9.17) is 0 Å². The van der Waals surface area contributed by atoms with Gasteiger partial charge in [0.05, 0.1) is 0 Å². The second kappa shape index (κ2) is 5.20. The third-order valence-corrected chi connectivity index (χ3v) is 25.4. The lowest BCUT2D eigenvalue weighted by atomic mass is 9.41.